The molecule has 0 spiro atoms. The Bertz CT molecular complexity index is 898. The molecule has 0 saturated carbocycles. The fourth-order valence-electron chi connectivity index (χ4n) is 2.60. The molecular weight excluding hydrogens is 304 g/mol. The maximum Gasteiger partial charge on any atom is 0.323 e. The summed E-state index contributed by atoms with van der Waals surface area (Å²) >= 11 is 0. The second-order valence-electron chi connectivity index (χ2n) is 5.85. The molecule has 0 aliphatic carbocycles. The minimum atomic E-state index is -0.403. The predicted octanol–water partition coefficient (Wildman–Crippen LogP) is 2.53. The Morgan fingerprint density at radius 1 is 1.00 bits per heavy atom. The topological polar surface area (TPSA) is 89.8 Å². The van der Waals surface area contributed by atoms with Crippen molar-refractivity contribution in [2.45, 2.75) is 25.9 Å². The number of hydrogen-bond donors (Lipinski definition) is 4. The first-order valence-corrected chi connectivity index (χ1v) is 7.87. The first kappa shape index (κ1) is 15.9. The number of H-pyrrole nitrogens is 2. The lowest BCUT2D eigenvalue weighted by molar-refractivity contribution is -0.122. The van der Waals surface area contributed by atoms with Gasteiger partial charge in [0.25, 0.3) is 0 Å². The Morgan fingerprint density at radius 3 is 2.46 bits per heavy atom. The summed E-state index contributed by atoms with van der Waals surface area (Å²) in [6, 6.07) is 14.8. The van der Waals surface area contributed by atoms with Crippen molar-refractivity contribution in [2.75, 3.05) is 5.32 Å². The Labute approximate surface area is 139 Å². The summed E-state index contributed by atoms with van der Waals surface area (Å²) in [4.78, 5) is 29.0. The Morgan fingerprint density at radius 2 is 1.71 bits per heavy atom. The third kappa shape index (κ3) is 3.48. The van der Waals surface area contributed by atoms with E-state index in [4.69, 9.17) is 0 Å². The van der Waals surface area contributed by atoms with Gasteiger partial charge in [0.1, 0.15) is 6.04 Å². The number of anilines is 1. The number of nitrogens with one attached hydrogen (secondary N) is 4. The van der Waals surface area contributed by atoms with Crippen LogP contribution in [-0.4, -0.2) is 21.9 Å². The van der Waals surface area contributed by atoms with Crippen LogP contribution in [-0.2, 0) is 4.79 Å². The van der Waals surface area contributed by atoms with Gasteiger partial charge in [0.05, 0.1) is 17.1 Å². The second kappa shape index (κ2) is 6.62. The first-order valence-electron chi connectivity index (χ1n) is 7.87. The molecule has 0 saturated heterocycles. The summed E-state index contributed by atoms with van der Waals surface area (Å²) in [6.07, 6.45) is 0. The van der Waals surface area contributed by atoms with Crippen molar-refractivity contribution in [1.82, 2.24) is 15.3 Å². The van der Waals surface area contributed by atoms with E-state index in [0.29, 0.717) is 5.52 Å². The number of benzene rings is 2. The summed E-state index contributed by atoms with van der Waals surface area (Å²) in [6.45, 7) is 3.76. The summed E-state index contributed by atoms with van der Waals surface area (Å²) in [5.41, 5.74) is 3.03. The highest BCUT2D eigenvalue weighted by Crippen LogP contribution is 2.16. The van der Waals surface area contributed by atoms with Gasteiger partial charge in [0.2, 0.25) is 5.91 Å². The van der Waals surface area contributed by atoms with Crippen molar-refractivity contribution in [3.05, 3.63) is 64.6 Å². The van der Waals surface area contributed by atoms with E-state index in [-0.39, 0.29) is 17.6 Å². The van der Waals surface area contributed by atoms with E-state index in [2.05, 4.69) is 20.6 Å². The monoisotopic (exact) mass is 324 g/mol. The SMILES string of the molecule is C[C@H](Nc1ccc2[nH]c(=O)[nH]c2c1)C(=O)N[C@@H](C)c1ccccc1. The number of imidazole rings is 1. The summed E-state index contributed by atoms with van der Waals surface area (Å²) in [5, 5.41) is 6.14. The number of aromatic nitrogens is 2. The van der Waals surface area contributed by atoms with Gasteiger partial charge in [-0.25, -0.2) is 4.79 Å². The predicted molar refractivity (Wildman–Crippen MR) is 95.0 cm³/mol. The molecule has 2 atom stereocenters. The fourth-order valence-corrected chi connectivity index (χ4v) is 2.60. The van der Waals surface area contributed by atoms with Crippen molar-refractivity contribution in [3.8, 4) is 0 Å². The molecule has 3 aromatic rings. The van der Waals surface area contributed by atoms with Crippen LogP contribution in [0.5, 0.6) is 0 Å². The number of carbonyl (C=O) groups is 1. The average Bonchev–Trinajstić information content (AvgIpc) is 2.94. The molecule has 1 aromatic heterocycles. The summed E-state index contributed by atoms with van der Waals surface area (Å²) in [7, 11) is 0. The third-order valence-electron chi connectivity index (χ3n) is 3.95. The molecule has 1 amide bonds. The van der Waals surface area contributed by atoms with Gasteiger partial charge in [-0.2, -0.15) is 0 Å². The number of hydrogen-bond acceptors (Lipinski definition) is 3. The molecule has 1 heterocycles. The highest BCUT2D eigenvalue weighted by Gasteiger charge is 2.16. The van der Waals surface area contributed by atoms with Crippen molar-refractivity contribution in [2.24, 2.45) is 0 Å². The summed E-state index contributed by atoms with van der Waals surface area (Å²) in [5.74, 6) is -0.0889. The molecule has 0 radical (unpaired) electrons. The minimum absolute atomic E-state index is 0.0635. The van der Waals surface area contributed by atoms with Gasteiger partial charge >= 0.3 is 5.69 Å². The highest BCUT2D eigenvalue weighted by molar-refractivity contribution is 5.86. The molecule has 4 N–H and O–H groups in total. The molecule has 0 aliphatic heterocycles. The van der Waals surface area contributed by atoms with Gasteiger partial charge in [0, 0.05) is 5.69 Å². The van der Waals surface area contributed by atoms with Crippen LogP contribution < -0.4 is 16.3 Å². The lowest BCUT2D eigenvalue weighted by Crippen LogP contribution is -2.38. The van der Waals surface area contributed by atoms with Crippen LogP contribution >= 0.6 is 0 Å². The van der Waals surface area contributed by atoms with E-state index < -0.39 is 6.04 Å². The van der Waals surface area contributed by atoms with Crippen LogP contribution in [0, 0.1) is 0 Å². The molecule has 124 valence electrons. The number of fused-ring (bicyclic) bond motifs is 1. The van der Waals surface area contributed by atoms with Crippen molar-refractivity contribution < 1.29 is 4.79 Å². The van der Waals surface area contributed by atoms with Gasteiger partial charge in [0.15, 0.2) is 0 Å². The zero-order chi connectivity index (χ0) is 17.1. The third-order valence-corrected chi connectivity index (χ3v) is 3.95. The van der Waals surface area contributed by atoms with Crippen LogP contribution in [0.4, 0.5) is 5.69 Å². The lowest BCUT2D eigenvalue weighted by Gasteiger charge is -2.19. The van der Waals surface area contributed by atoms with Crippen LogP contribution in [0.2, 0.25) is 0 Å². The normalized spacial score (nSPS) is 13.4. The molecule has 0 fully saturated rings. The Balaban J connectivity index is 1.65. The second-order valence-corrected chi connectivity index (χ2v) is 5.85. The number of aromatic amines is 2. The Kier molecular flexibility index (Phi) is 4.37. The largest absolute Gasteiger partial charge is 0.374 e. The van der Waals surface area contributed by atoms with Crippen molar-refractivity contribution in [3.63, 3.8) is 0 Å². The minimum Gasteiger partial charge on any atom is -0.374 e. The highest BCUT2D eigenvalue weighted by atomic mass is 16.2. The molecule has 0 aliphatic rings. The van der Waals surface area contributed by atoms with E-state index in [1.807, 2.05) is 43.3 Å². The Hall–Kier alpha value is -3.02. The average molecular weight is 324 g/mol. The van der Waals surface area contributed by atoms with Crippen molar-refractivity contribution in [1.29, 1.82) is 0 Å². The van der Waals surface area contributed by atoms with Crippen LogP contribution in [0.1, 0.15) is 25.5 Å². The van der Waals surface area contributed by atoms with E-state index in [9.17, 15) is 9.59 Å². The fraction of sp³-hybridized carbons (Fsp3) is 0.222. The van der Waals surface area contributed by atoms with Gasteiger partial charge in [-0.1, -0.05) is 30.3 Å². The van der Waals surface area contributed by atoms with E-state index in [1.165, 1.54) is 0 Å². The van der Waals surface area contributed by atoms with E-state index >= 15 is 0 Å². The van der Waals surface area contributed by atoms with Crippen LogP contribution in [0.25, 0.3) is 11.0 Å². The zero-order valence-corrected chi connectivity index (χ0v) is 13.6. The van der Waals surface area contributed by atoms with Gasteiger partial charge in [-0.05, 0) is 37.6 Å². The lowest BCUT2D eigenvalue weighted by atomic mass is 10.1. The maximum absolute atomic E-state index is 12.4. The van der Waals surface area contributed by atoms with E-state index in [1.54, 1.807) is 19.1 Å². The molecule has 0 unspecified atom stereocenters. The standard InChI is InChI=1S/C18H20N4O2/c1-11(13-6-4-3-5-7-13)20-17(23)12(2)19-14-8-9-15-16(10-14)22-18(24)21-15/h3-12,19H,1-2H3,(H,20,23)(H2,21,22,24)/t11-,12-/m0/s1. The number of carbonyl (C=O) groups excluding carboxylic acids is 1. The molecule has 6 nitrogen and oxygen atoms in total. The van der Waals surface area contributed by atoms with Gasteiger partial charge in [-0.3, -0.25) is 4.79 Å². The molecule has 2 aromatic carbocycles. The van der Waals surface area contributed by atoms with Crippen molar-refractivity contribution >= 4 is 22.6 Å². The van der Waals surface area contributed by atoms with Crippen LogP contribution in [0.3, 0.4) is 0 Å². The number of amides is 1. The molecule has 3 rings (SSSR count). The van der Waals surface area contributed by atoms with Gasteiger partial charge < -0.3 is 20.6 Å². The van der Waals surface area contributed by atoms with Gasteiger partial charge in [-0.15, -0.1) is 0 Å². The molecule has 6 heteroatoms. The maximum atomic E-state index is 12.4. The smallest absolute Gasteiger partial charge is 0.323 e. The first-order chi connectivity index (χ1) is 11.5. The molecule has 24 heavy (non-hydrogen) atoms. The molecular formula is C18H20N4O2. The van der Waals surface area contributed by atoms with E-state index in [0.717, 1.165) is 16.8 Å². The van der Waals surface area contributed by atoms with Crippen LogP contribution in [0.15, 0.2) is 53.3 Å². The quantitative estimate of drug-likeness (QED) is 0.581. The molecule has 0 bridgehead atoms. The summed E-state index contributed by atoms with van der Waals surface area (Å²) < 4.78 is 0. The zero-order valence-electron chi connectivity index (χ0n) is 13.6. The number of rotatable bonds is 5.